The van der Waals surface area contributed by atoms with Gasteiger partial charge in [0, 0.05) is 42.1 Å². The number of aromatic amines is 1. The largest absolute Gasteiger partial charge is 0.595 e. The molecule has 1 N–H and O–H groups in total. The van der Waals surface area contributed by atoms with Crippen molar-refractivity contribution in [1.82, 2.24) is 9.55 Å². The second-order valence-electron chi connectivity index (χ2n) is 15.4. The van der Waals surface area contributed by atoms with Crippen molar-refractivity contribution in [2.24, 2.45) is 0 Å². The first-order valence-electron chi connectivity index (χ1n) is 21.3. The summed E-state index contributed by atoms with van der Waals surface area (Å²) < 4.78 is 72.4. The van der Waals surface area contributed by atoms with Gasteiger partial charge in [0.05, 0.1) is 25.7 Å². The molecule has 1 aromatic heterocycles. The molecule has 17 nitrogen and oxygen atoms in total. The van der Waals surface area contributed by atoms with Crippen molar-refractivity contribution in [2.75, 3.05) is 20.8 Å². The van der Waals surface area contributed by atoms with Crippen LogP contribution in [0.15, 0.2) is 180 Å². The summed E-state index contributed by atoms with van der Waals surface area (Å²) in [5.41, 5.74) is -0.591. The van der Waals surface area contributed by atoms with Gasteiger partial charge in [-0.1, -0.05) is 91.0 Å². The molecule has 7 aromatic rings. The molecule has 1 unspecified atom stereocenters. The smallest absolute Gasteiger partial charge is 0.497 e. The molecular weight excluding hydrogens is 949 g/mol. The van der Waals surface area contributed by atoms with E-state index in [0.717, 1.165) is 5.56 Å². The molecule has 2 heterocycles. The Hall–Kier alpha value is -6.88. The Kier molecular flexibility index (Phi) is 14.9. The van der Waals surface area contributed by atoms with E-state index >= 15 is 4.57 Å². The predicted octanol–water partition coefficient (Wildman–Crippen LogP) is 10.0. The van der Waals surface area contributed by atoms with Crippen LogP contribution in [-0.2, 0) is 40.3 Å². The number of phosphoric ester groups is 1. The zero-order valence-corrected chi connectivity index (χ0v) is 39.8. The molecule has 1 aliphatic heterocycles. The number of nitro groups is 1. The third-order valence-electron chi connectivity index (χ3n) is 10.9. The number of nitrogens with one attached hydrogen (secondary N) is 1. The number of ether oxygens (including phenoxy) is 4. The van der Waals surface area contributed by atoms with E-state index in [-0.39, 0.29) is 41.5 Å². The van der Waals surface area contributed by atoms with Crippen LogP contribution in [0.5, 0.6) is 28.7 Å². The van der Waals surface area contributed by atoms with Gasteiger partial charge in [-0.3, -0.25) is 29.0 Å². The van der Waals surface area contributed by atoms with Gasteiger partial charge in [-0.05, 0) is 84.3 Å². The first-order chi connectivity index (χ1) is 33.3. The van der Waals surface area contributed by atoms with Crippen LogP contribution in [-0.4, -0.2) is 47.5 Å². The normalized spacial score (nSPS) is 16.8. The molecule has 1 aliphatic rings. The molecule has 0 spiro atoms. The zero-order valence-electron chi connectivity index (χ0n) is 37.2. The van der Waals surface area contributed by atoms with Crippen molar-refractivity contribution < 1.29 is 50.8 Å². The molecule has 8 rings (SSSR count). The van der Waals surface area contributed by atoms with Crippen LogP contribution in [0, 0.1) is 17.0 Å². The SMILES string of the molecule is COc1ccc(C(OC[C@H]2O[C@@H](n3cc(C)c(=O)[nH]c3=O)C[C@@H]2OP(=S)(Oc2ccc([N+](=O)[O-])cc2)OP(=O)(Oc2ccccc2)Oc2ccccc2)(c2ccccc2)c2ccc(OC)cc2)cc1. The maximum atomic E-state index is 15.1. The molecule has 0 bridgehead atoms. The van der Waals surface area contributed by atoms with Crippen molar-refractivity contribution in [3.63, 3.8) is 0 Å². The van der Waals surface area contributed by atoms with Gasteiger partial charge < -0.3 is 32.5 Å². The van der Waals surface area contributed by atoms with Crippen LogP contribution in [0.2, 0.25) is 0 Å². The molecule has 0 radical (unpaired) electrons. The Balaban J connectivity index is 1.24. The summed E-state index contributed by atoms with van der Waals surface area (Å²) in [5, 5.41) is 11.6. The number of para-hydroxylation sites is 2. The van der Waals surface area contributed by atoms with Crippen molar-refractivity contribution in [3.05, 3.63) is 223 Å². The highest BCUT2D eigenvalue weighted by atomic mass is 32.5. The number of benzene rings is 6. The topological polar surface area (TPSA) is 198 Å². The monoisotopic (exact) mass is 993 g/mol. The second kappa shape index (κ2) is 21.2. The van der Waals surface area contributed by atoms with E-state index in [1.54, 1.807) is 57.5 Å². The van der Waals surface area contributed by atoms with Crippen LogP contribution in [0.25, 0.3) is 0 Å². The highest BCUT2D eigenvalue weighted by Crippen LogP contribution is 2.66. The minimum atomic E-state index is -4.89. The van der Waals surface area contributed by atoms with Gasteiger partial charge >= 0.3 is 20.2 Å². The van der Waals surface area contributed by atoms with Gasteiger partial charge in [-0.25, -0.2) is 9.36 Å². The highest BCUT2D eigenvalue weighted by Gasteiger charge is 2.49. The standard InChI is InChI=1S/C49H45N3O14P2S/c1-34-32-51(48(54)50-47(34)53)46-31-44(45(61-46)33-60-49(35-13-7-4-8-14-35,36-19-25-39(58-2)26-20-36)37-21-27-40(59-3)28-22-37)65-68(69,64-43-29-23-38(24-30-43)52(55)56)66-67(57,62-41-15-9-5-10-16-41)63-42-17-11-6-12-18-42/h4-30,32,44-46H,31,33H2,1-3H3,(H,50,53,54)/t44-,45+,46+,68?/m0/s1. The van der Waals surface area contributed by atoms with Crippen molar-refractivity contribution in [1.29, 1.82) is 0 Å². The number of aromatic nitrogens is 2. The van der Waals surface area contributed by atoms with E-state index in [2.05, 4.69) is 4.98 Å². The molecule has 6 aromatic carbocycles. The second-order valence-corrected chi connectivity index (χ2v) is 20.0. The molecule has 4 atom stereocenters. The van der Waals surface area contributed by atoms with Gasteiger partial charge in [-0.2, -0.15) is 4.31 Å². The van der Waals surface area contributed by atoms with Crippen LogP contribution in [0.4, 0.5) is 5.69 Å². The van der Waals surface area contributed by atoms with Gasteiger partial charge in [-0.15, -0.1) is 0 Å². The van der Waals surface area contributed by atoms with Crippen LogP contribution >= 0.6 is 14.5 Å². The Morgan fingerprint density at radius 2 is 1.19 bits per heavy atom. The number of H-pyrrole nitrogens is 1. The predicted molar refractivity (Wildman–Crippen MR) is 259 cm³/mol. The Bertz CT molecular complexity index is 2980. The molecule has 1 fully saturated rings. The molecular formula is C49H45N3O14P2S. The number of hydrogen-bond donors (Lipinski definition) is 1. The highest BCUT2D eigenvalue weighted by molar-refractivity contribution is 8.09. The first kappa shape index (κ1) is 48.6. The fraction of sp³-hybridized carbons (Fsp3) is 0.184. The number of aryl methyl sites for hydroxylation is 1. The lowest BCUT2D eigenvalue weighted by Gasteiger charge is -2.37. The van der Waals surface area contributed by atoms with E-state index in [4.69, 9.17) is 53.2 Å². The van der Waals surface area contributed by atoms with E-state index in [0.29, 0.717) is 22.6 Å². The maximum absolute atomic E-state index is 15.1. The number of hydrogen-bond acceptors (Lipinski definition) is 15. The van der Waals surface area contributed by atoms with Gasteiger partial charge in [0.1, 0.15) is 52.8 Å². The van der Waals surface area contributed by atoms with Crippen molar-refractivity contribution in [3.8, 4) is 28.7 Å². The van der Waals surface area contributed by atoms with Crippen molar-refractivity contribution in [2.45, 2.75) is 37.4 Å². The lowest BCUT2D eigenvalue weighted by atomic mass is 9.80. The summed E-state index contributed by atoms with van der Waals surface area (Å²) in [7, 11) is -1.75. The summed E-state index contributed by atoms with van der Waals surface area (Å²) in [6.07, 6.45) is -2.18. The van der Waals surface area contributed by atoms with E-state index in [1.807, 2.05) is 78.9 Å². The summed E-state index contributed by atoms with van der Waals surface area (Å²) >= 11 is 6.13. The van der Waals surface area contributed by atoms with Gasteiger partial charge in [0.15, 0.2) is 0 Å². The first-order valence-corrected chi connectivity index (χ1v) is 25.3. The number of rotatable bonds is 20. The summed E-state index contributed by atoms with van der Waals surface area (Å²) in [4.78, 5) is 39.4. The van der Waals surface area contributed by atoms with E-state index < -0.39 is 54.8 Å². The molecule has 20 heteroatoms. The van der Waals surface area contributed by atoms with E-state index in [1.165, 1.54) is 59.3 Å². The summed E-state index contributed by atoms with van der Waals surface area (Å²) in [6, 6.07) is 45.4. The van der Waals surface area contributed by atoms with Crippen LogP contribution in [0.1, 0.15) is 34.9 Å². The minimum absolute atomic E-state index is 0.0484. The van der Waals surface area contributed by atoms with E-state index in [9.17, 15) is 19.7 Å². The molecule has 0 saturated carbocycles. The lowest BCUT2D eigenvalue weighted by Crippen LogP contribution is -2.38. The fourth-order valence-electron chi connectivity index (χ4n) is 7.59. The van der Waals surface area contributed by atoms with Crippen LogP contribution < -0.4 is 34.3 Å². The van der Waals surface area contributed by atoms with Crippen molar-refractivity contribution >= 4 is 32.0 Å². The average molecular weight is 994 g/mol. The quantitative estimate of drug-likeness (QED) is 0.0327. The Morgan fingerprint density at radius 1 is 0.710 bits per heavy atom. The summed E-state index contributed by atoms with van der Waals surface area (Å²) in [5.74, 6) is 1.34. The summed E-state index contributed by atoms with van der Waals surface area (Å²) in [6.45, 7) is -3.25. The number of methoxy groups -OCH3 is 2. The number of phosphoric acid groups is 1. The Morgan fingerprint density at radius 3 is 1.70 bits per heavy atom. The molecule has 69 heavy (non-hydrogen) atoms. The Labute approximate surface area is 401 Å². The minimum Gasteiger partial charge on any atom is -0.497 e. The average Bonchev–Trinajstić information content (AvgIpc) is 3.75. The van der Waals surface area contributed by atoms with Gasteiger partial charge in [0.25, 0.3) is 11.2 Å². The number of nitro benzene ring substituents is 1. The van der Waals surface area contributed by atoms with Gasteiger partial charge in [0.2, 0.25) is 0 Å². The fourth-order valence-corrected chi connectivity index (χ4v) is 12.2. The molecule has 1 saturated heterocycles. The zero-order chi connectivity index (χ0) is 48.6. The third-order valence-corrected chi connectivity index (χ3v) is 15.4. The molecule has 0 aliphatic carbocycles. The molecule has 0 amide bonds. The number of non-ortho nitro benzene ring substituents is 1. The number of nitrogens with zero attached hydrogens (tertiary/aromatic N) is 2. The van der Waals surface area contributed by atoms with Crippen LogP contribution in [0.3, 0.4) is 0 Å². The molecule has 356 valence electrons. The third kappa shape index (κ3) is 11.4. The maximum Gasteiger partial charge on any atom is 0.595 e. The lowest BCUT2D eigenvalue weighted by molar-refractivity contribution is -0.384.